The molecule has 0 radical (unpaired) electrons. The number of nitrogens with one attached hydrogen (secondary N) is 1. The Hall–Kier alpha value is -3.79. The van der Waals surface area contributed by atoms with Gasteiger partial charge in [0.1, 0.15) is 11.6 Å². The molecule has 2 aromatic heterocycles. The predicted molar refractivity (Wildman–Crippen MR) is 158 cm³/mol. The first-order valence-corrected chi connectivity index (χ1v) is 14.6. The zero-order valence-electron chi connectivity index (χ0n) is 24.9. The van der Waals surface area contributed by atoms with E-state index in [4.69, 9.17) is 14.2 Å². The standard InChI is InChI=1S/C32H39F2N5O3/c1-19(2)41-25-10-7-23(8-11-25)39-29-13-6-22(31-20(3)37-42-21(31)4)16-28(29)36-32(39)30(14-15-35-18-40)38(5)24-9-12-26(33)27(34)17-24/h6,9,12-13,16-19,23,25,30H,7-8,10-11,14-15H2,1-5H3,(H,35,40). The number of nitrogens with zero attached hydrogens (tertiary/aromatic N) is 4. The van der Waals surface area contributed by atoms with Gasteiger partial charge in [0.05, 0.1) is 35.0 Å². The van der Waals surface area contributed by atoms with Crippen molar-refractivity contribution in [2.45, 2.75) is 84.1 Å². The lowest BCUT2D eigenvalue weighted by Gasteiger charge is -2.35. The number of ether oxygens (including phenoxy) is 1. The first kappa shape index (κ1) is 29.7. The summed E-state index contributed by atoms with van der Waals surface area (Å²) in [6.07, 6.45) is 5.32. The van der Waals surface area contributed by atoms with Crippen LogP contribution in [-0.2, 0) is 9.53 Å². The molecule has 1 aliphatic rings. The molecule has 42 heavy (non-hydrogen) atoms. The molecule has 0 bridgehead atoms. The average Bonchev–Trinajstić information content (AvgIpc) is 3.50. The number of hydrogen-bond acceptors (Lipinski definition) is 6. The van der Waals surface area contributed by atoms with Gasteiger partial charge in [-0.05, 0) is 89.6 Å². The third kappa shape index (κ3) is 6.04. The van der Waals surface area contributed by atoms with Crippen LogP contribution >= 0.6 is 0 Å². The molecule has 1 aliphatic carbocycles. The van der Waals surface area contributed by atoms with Gasteiger partial charge < -0.3 is 24.0 Å². The van der Waals surface area contributed by atoms with Crippen LogP contribution in [0.1, 0.15) is 75.3 Å². The second-order valence-corrected chi connectivity index (χ2v) is 11.4. The Balaban J connectivity index is 1.61. The number of aryl methyl sites for hydroxylation is 2. The minimum Gasteiger partial charge on any atom is -0.376 e. The molecule has 0 saturated heterocycles. The van der Waals surface area contributed by atoms with E-state index in [2.05, 4.69) is 47.1 Å². The van der Waals surface area contributed by atoms with E-state index < -0.39 is 11.6 Å². The average molecular weight is 580 g/mol. The maximum absolute atomic E-state index is 14.3. The highest BCUT2D eigenvalue weighted by Crippen LogP contribution is 2.39. The van der Waals surface area contributed by atoms with Crippen LogP contribution in [-0.4, -0.2) is 46.9 Å². The molecule has 1 unspecified atom stereocenters. The number of benzene rings is 2. The van der Waals surface area contributed by atoms with Crippen molar-refractivity contribution in [3.05, 3.63) is 65.3 Å². The Labute approximate surface area is 245 Å². The first-order valence-electron chi connectivity index (χ1n) is 14.6. The smallest absolute Gasteiger partial charge is 0.207 e. The van der Waals surface area contributed by atoms with Gasteiger partial charge in [0.25, 0.3) is 0 Å². The van der Waals surface area contributed by atoms with Crippen LogP contribution in [0.15, 0.2) is 40.9 Å². The number of halogens is 2. The molecule has 1 atom stereocenters. The Kier molecular flexibility index (Phi) is 8.91. The lowest BCUT2D eigenvalue weighted by molar-refractivity contribution is -0.109. The zero-order chi connectivity index (χ0) is 30.0. The van der Waals surface area contributed by atoms with Crippen molar-refractivity contribution in [1.82, 2.24) is 20.0 Å². The number of fused-ring (bicyclic) bond motifs is 1. The quantitative estimate of drug-likeness (QED) is 0.155. The molecule has 0 aliphatic heterocycles. The largest absolute Gasteiger partial charge is 0.376 e. The van der Waals surface area contributed by atoms with Gasteiger partial charge >= 0.3 is 0 Å². The SMILES string of the molecule is Cc1noc(C)c1-c1ccc2c(c1)nc(C(CCNC=O)N(C)c1ccc(F)c(F)c1)n2C1CCC(OC(C)C)CC1. The van der Waals surface area contributed by atoms with E-state index in [1.807, 2.05) is 25.8 Å². The van der Waals surface area contributed by atoms with Crippen molar-refractivity contribution in [1.29, 1.82) is 0 Å². The number of hydrogen-bond donors (Lipinski definition) is 1. The van der Waals surface area contributed by atoms with E-state index >= 15 is 0 Å². The second kappa shape index (κ2) is 12.6. The number of carbonyl (C=O) groups is 1. The summed E-state index contributed by atoms with van der Waals surface area (Å²) < 4.78 is 42.0. The minimum atomic E-state index is -0.912. The number of imidazole rings is 1. The summed E-state index contributed by atoms with van der Waals surface area (Å²) in [6.45, 7) is 8.34. The molecule has 10 heteroatoms. The van der Waals surface area contributed by atoms with E-state index in [1.165, 1.54) is 6.07 Å². The van der Waals surface area contributed by atoms with E-state index in [1.54, 1.807) is 6.07 Å². The van der Waals surface area contributed by atoms with Crippen molar-refractivity contribution in [2.75, 3.05) is 18.5 Å². The predicted octanol–water partition coefficient (Wildman–Crippen LogP) is 6.81. The number of anilines is 1. The van der Waals surface area contributed by atoms with Gasteiger partial charge in [-0.25, -0.2) is 13.8 Å². The van der Waals surface area contributed by atoms with Crippen molar-refractivity contribution in [3.63, 3.8) is 0 Å². The number of carbonyl (C=O) groups excluding carboxylic acids is 1. The van der Waals surface area contributed by atoms with Crippen LogP contribution in [0.4, 0.5) is 14.5 Å². The highest BCUT2D eigenvalue weighted by atomic mass is 19.2. The summed E-state index contributed by atoms with van der Waals surface area (Å²) in [6, 6.07) is 9.99. The van der Waals surface area contributed by atoms with E-state index in [-0.39, 0.29) is 24.3 Å². The molecule has 1 saturated carbocycles. The van der Waals surface area contributed by atoms with Gasteiger partial charge in [0.15, 0.2) is 11.6 Å². The third-order valence-corrected chi connectivity index (χ3v) is 8.23. The Bertz CT molecular complexity index is 1520. The molecule has 1 fully saturated rings. The summed E-state index contributed by atoms with van der Waals surface area (Å²) in [5.74, 6) is -0.254. The fourth-order valence-corrected chi connectivity index (χ4v) is 6.27. The zero-order valence-corrected chi connectivity index (χ0v) is 24.9. The Morgan fingerprint density at radius 1 is 1.12 bits per heavy atom. The maximum Gasteiger partial charge on any atom is 0.207 e. The molecule has 2 heterocycles. The molecule has 5 rings (SSSR count). The Morgan fingerprint density at radius 2 is 1.88 bits per heavy atom. The Morgan fingerprint density at radius 3 is 2.52 bits per heavy atom. The van der Waals surface area contributed by atoms with Crippen LogP contribution in [0, 0.1) is 25.5 Å². The van der Waals surface area contributed by atoms with E-state index in [0.29, 0.717) is 25.1 Å². The lowest BCUT2D eigenvalue weighted by atomic mass is 9.92. The lowest BCUT2D eigenvalue weighted by Crippen LogP contribution is -2.32. The van der Waals surface area contributed by atoms with Crippen molar-refractivity contribution >= 4 is 23.1 Å². The molecule has 4 aromatic rings. The second-order valence-electron chi connectivity index (χ2n) is 11.4. The fourth-order valence-electron chi connectivity index (χ4n) is 6.27. The molecule has 2 aromatic carbocycles. The highest BCUT2D eigenvalue weighted by Gasteiger charge is 2.31. The number of amides is 1. The highest BCUT2D eigenvalue weighted by molar-refractivity contribution is 5.84. The molecule has 1 N–H and O–H groups in total. The molecular weight excluding hydrogens is 540 g/mol. The van der Waals surface area contributed by atoms with Crippen LogP contribution < -0.4 is 10.2 Å². The summed E-state index contributed by atoms with van der Waals surface area (Å²) >= 11 is 0. The molecule has 8 nitrogen and oxygen atoms in total. The molecule has 224 valence electrons. The van der Waals surface area contributed by atoms with Gasteiger partial charge in [0, 0.05) is 37.0 Å². The fraction of sp³-hybridized carbons (Fsp3) is 0.469. The topological polar surface area (TPSA) is 85.4 Å². The maximum atomic E-state index is 14.3. The van der Waals surface area contributed by atoms with Gasteiger partial charge in [-0.1, -0.05) is 11.2 Å². The normalized spacial score (nSPS) is 18.0. The van der Waals surface area contributed by atoms with Crippen LogP contribution in [0.3, 0.4) is 0 Å². The minimum absolute atomic E-state index is 0.179. The van der Waals surface area contributed by atoms with Gasteiger partial charge in [-0.15, -0.1) is 0 Å². The molecule has 0 spiro atoms. The van der Waals surface area contributed by atoms with Crippen LogP contribution in [0.5, 0.6) is 0 Å². The summed E-state index contributed by atoms with van der Waals surface area (Å²) in [5.41, 5.74) is 5.08. The summed E-state index contributed by atoms with van der Waals surface area (Å²) in [5, 5.41) is 6.88. The van der Waals surface area contributed by atoms with Crippen LogP contribution in [0.25, 0.3) is 22.2 Å². The van der Waals surface area contributed by atoms with E-state index in [9.17, 15) is 13.6 Å². The van der Waals surface area contributed by atoms with Crippen molar-refractivity contribution in [2.24, 2.45) is 0 Å². The van der Waals surface area contributed by atoms with Gasteiger partial charge in [-0.3, -0.25) is 4.79 Å². The molecule has 1 amide bonds. The van der Waals surface area contributed by atoms with Crippen molar-refractivity contribution in [3.8, 4) is 11.1 Å². The van der Waals surface area contributed by atoms with E-state index in [0.717, 1.165) is 71.2 Å². The number of aromatic nitrogens is 3. The monoisotopic (exact) mass is 579 g/mol. The summed E-state index contributed by atoms with van der Waals surface area (Å²) in [4.78, 5) is 18.3. The van der Waals surface area contributed by atoms with Gasteiger partial charge in [-0.2, -0.15) is 0 Å². The van der Waals surface area contributed by atoms with Gasteiger partial charge in [0.2, 0.25) is 6.41 Å². The first-order chi connectivity index (χ1) is 20.2. The van der Waals surface area contributed by atoms with Crippen molar-refractivity contribution < 1.29 is 22.8 Å². The third-order valence-electron chi connectivity index (χ3n) is 8.23. The summed E-state index contributed by atoms with van der Waals surface area (Å²) in [7, 11) is 1.85. The number of rotatable bonds is 11. The van der Waals surface area contributed by atoms with Crippen LogP contribution in [0.2, 0.25) is 0 Å². The molecular formula is C32H39F2N5O3.